The zero-order chi connectivity index (χ0) is 13.7. The number of hydrogen-bond acceptors (Lipinski definition) is 3. The number of aliphatic hydroxyl groups excluding tert-OH is 1. The van der Waals surface area contributed by atoms with Gasteiger partial charge >= 0.3 is 0 Å². The molecule has 1 aromatic heterocycles. The Kier molecular flexibility index (Phi) is 2.67. The topological polar surface area (TPSA) is 36.4 Å². The molecule has 2 aliphatic rings. The van der Waals surface area contributed by atoms with Gasteiger partial charge in [0.05, 0.1) is 11.6 Å². The highest BCUT2D eigenvalue weighted by molar-refractivity contribution is 5.92. The van der Waals surface area contributed by atoms with Crippen LogP contribution < -0.4 is 4.90 Å². The number of nitrogens with zero attached hydrogens (tertiary/aromatic N) is 2. The Morgan fingerprint density at radius 2 is 1.90 bits per heavy atom. The molecule has 0 radical (unpaired) electrons. The number of benzene rings is 1. The van der Waals surface area contributed by atoms with Crippen LogP contribution in [-0.4, -0.2) is 28.3 Å². The van der Waals surface area contributed by atoms with Gasteiger partial charge < -0.3 is 10.0 Å². The van der Waals surface area contributed by atoms with E-state index in [0.29, 0.717) is 12.1 Å². The smallest absolute Gasteiger partial charge is 0.124 e. The van der Waals surface area contributed by atoms with Crippen LogP contribution in [-0.2, 0) is 0 Å². The Morgan fingerprint density at radius 3 is 2.65 bits per heavy atom. The lowest BCUT2D eigenvalue weighted by atomic mass is 9.98. The summed E-state index contributed by atoms with van der Waals surface area (Å²) in [4.78, 5) is 6.71. The van der Waals surface area contributed by atoms with E-state index < -0.39 is 0 Å². The number of fused-ring (bicyclic) bond motifs is 3. The molecule has 2 atom stereocenters. The molecule has 4 rings (SSSR count). The van der Waals surface area contributed by atoms with Gasteiger partial charge in [-0.25, -0.2) is 4.39 Å². The Hall–Kier alpha value is -1.68. The molecule has 3 heterocycles. The van der Waals surface area contributed by atoms with E-state index in [1.807, 2.05) is 6.07 Å². The van der Waals surface area contributed by atoms with Gasteiger partial charge in [0.15, 0.2) is 0 Å². The molecule has 2 fully saturated rings. The monoisotopic (exact) mass is 272 g/mol. The highest BCUT2D eigenvalue weighted by Crippen LogP contribution is 2.41. The van der Waals surface area contributed by atoms with Gasteiger partial charge in [-0.1, -0.05) is 0 Å². The van der Waals surface area contributed by atoms with Crippen molar-refractivity contribution in [2.75, 3.05) is 4.90 Å². The maximum atomic E-state index is 13.6. The fourth-order valence-corrected chi connectivity index (χ4v) is 3.87. The molecule has 0 amide bonds. The van der Waals surface area contributed by atoms with Crippen molar-refractivity contribution >= 4 is 16.6 Å². The number of halogens is 1. The van der Waals surface area contributed by atoms with Crippen LogP contribution in [0.1, 0.15) is 25.7 Å². The quantitative estimate of drug-likeness (QED) is 0.867. The molecule has 2 aromatic rings. The normalized spacial score (nSPS) is 29.1. The van der Waals surface area contributed by atoms with E-state index in [0.717, 1.165) is 42.3 Å². The fourth-order valence-electron chi connectivity index (χ4n) is 3.87. The minimum atomic E-state index is -0.226. The Bertz CT molecular complexity index is 646. The Morgan fingerprint density at radius 1 is 1.15 bits per heavy atom. The third-order valence-electron chi connectivity index (χ3n) is 4.67. The molecule has 3 nitrogen and oxygen atoms in total. The van der Waals surface area contributed by atoms with Crippen molar-refractivity contribution < 1.29 is 9.50 Å². The predicted molar refractivity (Wildman–Crippen MR) is 76.2 cm³/mol. The van der Waals surface area contributed by atoms with Gasteiger partial charge in [-0.05, 0) is 49.9 Å². The first kappa shape index (κ1) is 12.1. The van der Waals surface area contributed by atoms with E-state index in [1.54, 1.807) is 18.3 Å². The number of piperidine rings is 1. The van der Waals surface area contributed by atoms with Crippen molar-refractivity contribution in [1.29, 1.82) is 0 Å². The minimum absolute atomic E-state index is 0.186. The van der Waals surface area contributed by atoms with Gasteiger partial charge in [-0.3, -0.25) is 4.98 Å². The number of anilines is 1. The van der Waals surface area contributed by atoms with Crippen molar-refractivity contribution in [1.82, 2.24) is 4.98 Å². The second kappa shape index (κ2) is 4.42. The van der Waals surface area contributed by atoms with E-state index in [9.17, 15) is 9.50 Å². The molecular formula is C16H17FN2O. The van der Waals surface area contributed by atoms with Gasteiger partial charge in [0.25, 0.3) is 0 Å². The summed E-state index contributed by atoms with van der Waals surface area (Å²) in [5.74, 6) is -0.226. The van der Waals surface area contributed by atoms with Crippen molar-refractivity contribution in [2.24, 2.45) is 0 Å². The summed E-state index contributed by atoms with van der Waals surface area (Å²) < 4.78 is 13.6. The third kappa shape index (κ3) is 1.79. The third-order valence-corrected chi connectivity index (χ3v) is 4.67. The van der Waals surface area contributed by atoms with E-state index in [-0.39, 0.29) is 11.9 Å². The molecule has 2 bridgehead atoms. The standard InChI is InChI=1S/C16H17FN2O/c17-10-1-4-15-14(7-10)16(5-6-18-15)19-11-2-3-12(19)9-13(20)8-11/h1,4-7,11-13,20H,2-3,8-9H2. The molecule has 2 aliphatic heterocycles. The van der Waals surface area contributed by atoms with Crippen LogP contribution in [0.2, 0.25) is 0 Å². The summed E-state index contributed by atoms with van der Waals surface area (Å²) in [6, 6.07) is 7.48. The molecular weight excluding hydrogens is 255 g/mol. The molecule has 1 aromatic carbocycles. The lowest BCUT2D eigenvalue weighted by molar-refractivity contribution is 0.126. The van der Waals surface area contributed by atoms with Crippen LogP contribution in [0.4, 0.5) is 10.1 Å². The van der Waals surface area contributed by atoms with Gasteiger partial charge in [0.2, 0.25) is 0 Å². The maximum absolute atomic E-state index is 13.6. The number of pyridine rings is 1. The lowest BCUT2D eigenvalue weighted by Gasteiger charge is -2.39. The van der Waals surface area contributed by atoms with Crippen molar-refractivity contribution in [3.8, 4) is 0 Å². The van der Waals surface area contributed by atoms with Crippen LogP contribution in [0.3, 0.4) is 0 Å². The average molecular weight is 272 g/mol. The molecule has 2 unspecified atom stereocenters. The van der Waals surface area contributed by atoms with Gasteiger partial charge in [-0.2, -0.15) is 0 Å². The highest BCUT2D eigenvalue weighted by atomic mass is 19.1. The largest absolute Gasteiger partial charge is 0.393 e. The van der Waals surface area contributed by atoms with Crippen LogP contribution in [0, 0.1) is 5.82 Å². The maximum Gasteiger partial charge on any atom is 0.124 e. The van der Waals surface area contributed by atoms with E-state index in [2.05, 4.69) is 9.88 Å². The highest BCUT2D eigenvalue weighted by Gasteiger charge is 2.40. The molecule has 104 valence electrons. The first-order valence-electron chi connectivity index (χ1n) is 7.23. The van der Waals surface area contributed by atoms with E-state index >= 15 is 0 Å². The molecule has 2 saturated heterocycles. The van der Waals surface area contributed by atoms with Crippen molar-refractivity contribution in [3.63, 3.8) is 0 Å². The molecule has 0 saturated carbocycles. The Balaban J connectivity index is 1.85. The number of aromatic nitrogens is 1. The van der Waals surface area contributed by atoms with Gasteiger partial charge in [-0.15, -0.1) is 0 Å². The summed E-state index contributed by atoms with van der Waals surface area (Å²) in [5.41, 5.74) is 1.89. The second-order valence-corrected chi connectivity index (χ2v) is 5.91. The van der Waals surface area contributed by atoms with Crippen LogP contribution in [0.15, 0.2) is 30.5 Å². The van der Waals surface area contributed by atoms with Crippen molar-refractivity contribution in [2.45, 2.75) is 43.9 Å². The summed E-state index contributed by atoms with van der Waals surface area (Å²) in [5, 5.41) is 10.8. The first-order valence-corrected chi connectivity index (χ1v) is 7.23. The predicted octanol–water partition coefficient (Wildman–Crippen LogP) is 2.87. The minimum Gasteiger partial charge on any atom is -0.393 e. The van der Waals surface area contributed by atoms with Crippen LogP contribution in [0.5, 0.6) is 0 Å². The molecule has 0 spiro atoms. The fraction of sp³-hybridized carbons (Fsp3) is 0.438. The van der Waals surface area contributed by atoms with Crippen LogP contribution >= 0.6 is 0 Å². The van der Waals surface area contributed by atoms with Gasteiger partial charge in [0.1, 0.15) is 5.82 Å². The van der Waals surface area contributed by atoms with Gasteiger partial charge in [0, 0.05) is 29.4 Å². The number of aliphatic hydroxyl groups is 1. The molecule has 4 heteroatoms. The first-order chi connectivity index (χ1) is 9.72. The Labute approximate surface area is 117 Å². The molecule has 1 N–H and O–H groups in total. The summed E-state index contributed by atoms with van der Waals surface area (Å²) in [6.07, 6.45) is 5.46. The second-order valence-electron chi connectivity index (χ2n) is 5.91. The number of hydrogen-bond donors (Lipinski definition) is 1. The number of rotatable bonds is 1. The summed E-state index contributed by atoms with van der Waals surface area (Å²) >= 11 is 0. The van der Waals surface area contributed by atoms with Crippen molar-refractivity contribution in [3.05, 3.63) is 36.3 Å². The van der Waals surface area contributed by atoms with E-state index in [4.69, 9.17) is 0 Å². The SMILES string of the molecule is OC1CC2CCC(C1)N2c1ccnc2ccc(F)cc12. The average Bonchev–Trinajstić information content (AvgIpc) is 2.70. The zero-order valence-corrected chi connectivity index (χ0v) is 11.2. The van der Waals surface area contributed by atoms with Crippen LogP contribution in [0.25, 0.3) is 10.9 Å². The molecule has 20 heavy (non-hydrogen) atoms. The lowest BCUT2D eigenvalue weighted by Crippen LogP contribution is -2.44. The zero-order valence-electron chi connectivity index (χ0n) is 11.2. The molecule has 0 aliphatic carbocycles. The van der Waals surface area contributed by atoms with E-state index in [1.165, 1.54) is 6.07 Å². The summed E-state index contributed by atoms with van der Waals surface area (Å²) in [7, 11) is 0. The summed E-state index contributed by atoms with van der Waals surface area (Å²) in [6.45, 7) is 0.